The van der Waals surface area contributed by atoms with E-state index in [2.05, 4.69) is 9.66 Å². The highest BCUT2D eigenvalue weighted by Gasteiger charge is 1.97. The average Bonchev–Trinajstić information content (AvgIpc) is 1.86. The predicted molar refractivity (Wildman–Crippen MR) is 27.4 cm³/mol. The predicted octanol–water partition coefficient (Wildman–Crippen LogP) is -0.373. The van der Waals surface area contributed by atoms with Crippen LogP contribution in [0, 0.1) is 0 Å². The highest BCUT2D eigenvalue weighted by Crippen LogP contribution is 1.67. The molecule has 1 heterocycles. The Hall–Kier alpha value is -0.880. The van der Waals surface area contributed by atoms with Crippen molar-refractivity contribution < 1.29 is 0 Å². The summed E-state index contributed by atoms with van der Waals surface area (Å²) >= 11 is 0. The SMILES string of the molecule is CC1=[N+]=CC=N1. The van der Waals surface area contributed by atoms with E-state index in [0.29, 0.717) is 0 Å². The van der Waals surface area contributed by atoms with Crippen LogP contribution in [0.4, 0.5) is 0 Å². The molecule has 0 fully saturated rings. The number of nitrogens with zero attached hydrogens (tertiary/aromatic N) is 2. The van der Waals surface area contributed by atoms with Crippen LogP contribution >= 0.6 is 0 Å². The summed E-state index contributed by atoms with van der Waals surface area (Å²) in [5.74, 6) is 0.843. The number of hydrogen-bond acceptors (Lipinski definition) is 1. The zero-order chi connectivity index (χ0) is 4.41. The molecule has 30 valence electrons. The maximum atomic E-state index is 3.81. The molecule has 0 N–H and O–H groups in total. The fourth-order valence-corrected chi connectivity index (χ4v) is 0.316. The van der Waals surface area contributed by atoms with Gasteiger partial charge in [-0.2, -0.15) is 0 Å². The lowest BCUT2D eigenvalue weighted by Crippen LogP contribution is -1.80. The van der Waals surface area contributed by atoms with Crippen molar-refractivity contribution in [2.24, 2.45) is 4.99 Å². The third-order valence-corrected chi connectivity index (χ3v) is 0.589. The van der Waals surface area contributed by atoms with E-state index >= 15 is 0 Å². The van der Waals surface area contributed by atoms with Crippen LogP contribution in [0.2, 0.25) is 0 Å². The summed E-state index contributed by atoms with van der Waals surface area (Å²) in [4.78, 5) is 3.81. The molecule has 0 aromatic carbocycles. The van der Waals surface area contributed by atoms with E-state index in [4.69, 9.17) is 0 Å². The molecule has 0 amide bonds. The molecule has 0 atom stereocenters. The van der Waals surface area contributed by atoms with Crippen LogP contribution in [0.15, 0.2) is 4.99 Å². The first-order valence-electron chi connectivity index (χ1n) is 1.80. The standard InChI is InChI=1S/C4H5N2/c1-4-5-2-3-6-4/h2-3H,1H3/q+1. The zero-order valence-corrected chi connectivity index (χ0v) is 3.55. The highest BCUT2D eigenvalue weighted by molar-refractivity contribution is 6.22. The highest BCUT2D eigenvalue weighted by atomic mass is 14.9. The Balaban J connectivity index is 2.98. The van der Waals surface area contributed by atoms with Gasteiger partial charge in [-0.1, -0.05) is 0 Å². The van der Waals surface area contributed by atoms with Gasteiger partial charge in [0.05, 0.1) is 6.92 Å². The zero-order valence-electron chi connectivity index (χ0n) is 3.55. The van der Waals surface area contributed by atoms with E-state index in [-0.39, 0.29) is 0 Å². The molecule has 0 aromatic rings. The van der Waals surface area contributed by atoms with Gasteiger partial charge in [0.25, 0.3) is 0 Å². The number of rotatable bonds is 0. The first-order valence-corrected chi connectivity index (χ1v) is 1.80. The lowest BCUT2D eigenvalue weighted by Gasteiger charge is -1.50. The molecule has 0 bridgehead atoms. The summed E-state index contributed by atoms with van der Waals surface area (Å²) < 4.78 is 3.81. The molecule has 1 aliphatic rings. The van der Waals surface area contributed by atoms with E-state index in [1.54, 1.807) is 12.4 Å². The average molecular weight is 81.1 g/mol. The summed E-state index contributed by atoms with van der Waals surface area (Å²) in [6, 6.07) is 0. The monoisotopic (exact) mass is 81.0 g/mol. The molecule has 0 aliphatic carbocycles. The number of amidine groups is 1. The van der Waals surface area contributed by atoms with E-state index in [1.165, 1.54) is 0 Å². The molecule has 1 rings (SSSR count). The first-order chi connectivity index (χ1) is 2.89. The van der Waals surface area contributed by atoms with Crippen LogP contribution in [0.3, 0.4) is 0 Å². The summed E-state index contributed by atoms with van der Waals surface area (Å²) in [5.41, 5.74) is 0. The Labute approximate surface area is 36.0 Å². The van der Waals surface area contributed by atoms with Gasteiger partial charge < -0.3 is 0 Å². The molecule has 1 aliphatic heterocycles. The van der Waals surface area contributed by atoms with Crippen molar-refractivity contribution in [1.82, 2.24) is 4.67 Å². The Kier molecular flexibility index (Phi) is 0.592. The fraction of sp³-hybridized carbons (Fsp3) is 0.250. The summed E-state index contributed by atoms with van der Waals surface area (Å²) in [7, 11) is 0. The summed E-state index contributed by atoms with van der Waals surface area (Å²) in [6.07, 6.45) is 3.35. The molecule has 0 unspecified atom stereocenters. The second-order valence-electron chi connectivity index (χ2n) is 1.10. The van der Waals surface area contributed by atoms with Gasteiger partial charge in [-0.05, 0) is 4.99 Å². The van der Waals surface area contributed by atoms with Gasteiger partial charge in [0.1, 0.15) is 0 Å². The van der Waals surface area contributed by atoms with Crippen LogP contribution in [-0.4, -0.2) is 18.3 Å². The molecule has 0 saturated heterocycles. The molecule has 0 aromatic heterocycles. The summed E-state index contributed by atoms with van der Waals surface area (Å²) in [5, 5.41) is 0. The maximum Gasteiger partial charge on any atom is 0.386 e. The second kappa shape index (κ2) is 1.07. The Bertz CT molecular complexity index is 138. The molecule has 2 heteroatoms. The Morgan fingerprint density at radius 1 is 1.83 bits per heavy atom. The van der Waals surface area contributed by atoms with Crippen LogP contribution < -0.4 is 4.67 Å². The van der Waals surface area contributed by atoms with Crippen LogP contribution in [-0.2, 0) is 0 Å². The minimum Gasteiger partial charge on any atom is -0.209 e. The minimum atomic E-state index is 0.843. The van der Waals surface area contributed by atoms with Crippen molar-refractivity contribution in [3.8, 4) is 0 Å². The molecule has 0 saturated carbocycles. The van der Waals surface area contributed by atoms with E-state index in [9.17, 15) is 0 Å². The van der Waals surface area contributed by atoms with Crippen molar-refractivity contribution in [2.75, 3.05) is 0 Å². The Morgan fingerprint density at radius 3 is 2.83 bits per heavy atom. The molecule has 0 spiro atoms. The minimum absolute atomic E-state index is 0.843. The van der Waals surface area contributed by atoms with Gasteiger partial charge in [-0.25, -0.2) is 4.67 Å². The van der Waals surface area contributed by atoms with Crippen LogP contribution in [0.25, 0.3) is 0 Å². The van der Waals surface area contributed by atoms with E-state index in [0.717, 1.165) is 5.84 Å². The molecule has 0 radical (unpaired) electrons. The lowest BCUT2D eigenvalue weighted by atomic mass is 10.7. The van der Waals surface area contributed by atoms with E-state index in [1.807, 2.05) is 6.92 Å². The van der Waals surface area contributed by atoms with Gasteiger partial charge in [0, 0.05) is 0 Å². The third kappa shape index (κ3) is 0.374. The largest absolute Gasteiger partial charge is 0.386 e. The molecule has 6 heavy (non-hydrogen) atoms. The molecular weight excluding hydrogens is 76.1 g/mol. The van der Waals surface area contributed by atoms with Gasteiger partial charge in [-0.15, -0.1) is 0 Å². The van der Waals surface area contributed by atoms with Gasteiger partial charge in [0.2, 0.25) is 6.21 Å². The quantitative estimate of drug-likeness (QED) is 0.356. The summed E-state index contributed by atoms with van der Waals surface area (Å²) in [6.45, 7) is 1.86. The van der Waals surface area contributed by atoms with Crippen LogP contribution in [0.1, 0.15) is 6.92 Å². The van der Waals surface area contributed by atoms with Gasteiger partial charge >= 0.3 is 5.84 Å². The fourth-order valence-electron chi connectivity index (χ4n) is 0.316. The lowest BCUT2D eigenvalue weighted by molar-refractivity contribution is 1.56. The first kappa shape index (κ1) is 3.32. The van der Waals surface area contributed by atoms with Gasteiger partial charge in [0.15, 0.2) is 6.21 Å². The molecular formula is C4H5N2+. The van der Waals surface area contributed by atoms with Crippen LogP contribution in [0.5, 0.6) is 0 Å². The maximum absolute atomic E-state index is 3.81. The topological polar surface area (TPSA) is 26.5 Å². The van der Waals surface area contributed by atoms with Crippen molar-refractivity contribution in [3.05, 3.63) is 0 Å². The number of hydrogen-bond donors (Lipinski definition) is 0. The number of aliphatic imine (C=N–C) groups is 1. The van der Waals surface area contributed by atoms with E-state index < -0.39 is 0 Å². The molecule has 2 nitrogen and oxygen atoms in total. The van der Waals surface area contributed by atoms with Crippen molar-refractivity contribution in [3.63, 3.8) is 0 Å². The van der Waals surface area contributed by atoms with Crippen molar-refractivity contribution in [2.45, 2.75) is 6.92 Å². The Morgan fingerprint density at radius 2 is 2.67 bits per heavy atom. The van der Waals surface area contributed by atoms with Crippen molar-refractivity contribution in [1.29, 1.82) is 0 Å². The normalized spacial score (nSPS) is 15.8. The van der Waals surface area contributed by atoms with Crippen molar-refractivity contribution >= 4 is 18.3 Å². The third-order valence-electron chi connectivity index (χ3n) is 0.589. The smallest absolute Gasteiger partial charge is 0.209 e. The second-order valence-corrected chi connectivity index (χ2v) is 1.10. The van der Waals surface area contributed by atoms with Gasteiger partial charge in [-0.3, -0.25) is 0 Å².